The van der Waals surface area contributed by atoms with Gasteiger partial charge < -0.3 is 19.5 Å². The van der Waals surface area contributed by atoms with E-state index in [-0.39, 0.29) is 11.9 Å². The summed E-state index contributed by atoms with van der Waals surface area (Å²) in [7, 11) is 4.58. The maximum Gasteiger partial charge on any atom is 0.249 e. The third kappa shape index (κ3) is 4.59. The van der Waals surface area contributed by atoms with Crippen LogP contribution in [0.5, 0.6) is 0 Å². The SMILES string of the molecule is CCC(NC(=O)C(C)OC)C(OC)OC. The Morgan fingerprint density at radius 2 is 1.73 bits per heavy atom. The van der Waals surface area contributed by atoms with E-state index < -0.39 is 12.4 Å². The number of carbonyl (C=O) groups is 1. The van der Waals surface area contributed by atoms with E-state index in [9.17, 15) is 4.79 Å². The van der Waals surface area contributed by atoms with E-state index >= 15 is 0 Å². The van der Waals surface area contributed by atoms with Crippen molar-refractivity contribution in [2.45, 2.75) is 38.7 Å². The number of rotatable bonds is 7. The molecule has 5 nitrogen and oxygen atoms in total. The average molecular weight is 219 g/mol. The average Bonchev–Trinajstić information content (AvgIpc) is 2.27. The van der Waals surface area contributed by atoms with Crippen molar-refractivity contribution in [3.63, 3.8) is 0 Å². The van der Waals surface area contributed by atoms with E-state index in [1.165, 1.54) is 7.11 Å². The summed E-state index contributed by atoms with van der Waals surface area (Å²) in [5.41, 5.74) is 0. The number of amides is 1. The topological polar surface area (TPSA) is 56.8 Å². The molecule has 0 aliphatic heterocycles. The summed E-state index contributed by atoms with van der Waals surface area (Å²) in [5.74, 6) is -0.163. The van der Waals surface area contributed by atoms with Gasteiger partial charge >= 0.3 is 0 Å². The van der Waals surface area contributed by atoms with E-state index in [1.807, 2.05) is 6.92 Å². The minimum Gasteiger partial charge on any atom is -0.372 e. The molecule has 2 atom stereocenters. The highest BCUT2D eigenvalue weighted by Gasteiger charge is 2.23. The van der Waals surface area contributed by atoms with Crippen molar-refractivity contribution < 1.29 is 19.0 Å². The number of hydrogen-bond acceptors (Lipinski definition) is 4. The van der Waals surface area contributed by atoms with Crippen molar-refractivity contribution in [3.8, 4) is 0 Å². The molecule has 0 saturated heterocycles. The van der Waals surface area contributed by atoms with Crippen LogP contribution < -0.4 is 5.32 Å². The van der Waals surface area contributed by atoms with Gasteiger partial charge in [0.1, 0.15) is 6.10 Å². The van der Waals surface area contributed by atoms with E-state index in [4.69, 9.17) is 14.2 Å². The number of carbonyl (C=O) groups excluding carboxylic acids is 1. The molecule has 5 heteroatoms. The van der Waals surface area contributed by atoms with E-state index in [0.29, 0.717) is 0 Å². The van der Waals surface area contributed by atoms with E-state index in [0.717, 1.165) is 6.42 Å². The Balaban J connectivity index is 4.25. The van der Waals surface area contributed by atoms with Gasteiger partial charge in [-0.05, 0) is 13.3 Å². The molecule has 1 amide bonds. The molecule has 0 heterocycles. The van der Waals surface area contributed by atoms with Crippen LogP contribution in [-0.4, -0.2) is 45.7 Å². The first kappa shape index (κ1) is 14.3. The van der Waals surface area contributed by atoms with Crippen molar-refractivity contribution in [3.05, 3.63) is 0 Å². The lowest BCUT2D eigenvalue weighted by atomic mass is 10.2. The van der Waals surface area contributed by atoms with Crippen LogP contribution in [0, 0.1) is 0 Å². The number of nitrogens with one attached hydrogen (secondary N) is 1. The number of hydrogen-bond donors (Lipinski definition) is 1. The lowest BCUT2D eigenvalue weighted by molar-refractivity contribution is -0.143. The van der Waals surface area contributed by atoms with Crippen LogP contribution in [0.3, 0.4) is 0 Å². The predicted molar refractivity (Wildman–Crippen MR) is 56.5 cm³/mol. The van der Waals surface area contributed by atoms with Gasteiger partial charge in [0.15, 0.2) is 6.29 Å². The Morgan fingerprint density at radius 3 is 2.07 bits per heavy atom. The molecule has 1 N–H and O–H groups in total. The summed E-state index contributed by atoms with van der Waals surface area (Å²) >= 11 is 0. The zero-order chi connectivity index (χ0) is 11.8. The fourth-order valence-electron chi connectivity index (χ4n) is 1.19. The van der Waals surface area contributed by atoms with Gasteiger partial charge in [0.25, 0.3) is 0 Å². The molecule has 0 spiro atoms. The van der Waals surface area contributed by atoms with Crippen LogP contribution in [0.25, 0.3) is 0 Å². The minimum absolute atomic E-state index is 0.162. The van der Waals surface area contributed by atoms with Crippen molar-refractivity contribution >= 4 is 5.91 Å². The highest BCUT2D eigenvalue weighted by molar-refractivity contribution is 5.80. The summed E-state index contributed by atoms with van der Waals surface area (Å²) in [6.07, 6.45) is -0.162. The molecule has 2 unspecified atom stereocenters. The lowest BCUT2D eigenvalue weighted by Crippen LogP contribution is -2.48. The molecule has 0 fully saturated rings. The van der Waals surface area contributed by atoms with Crippen LogP contribution in [0.1, 0.15) is 20.3 Å². The fraction of sp³-hybridized carbons (Fsp3) is 0.900. The molecule has 0 radical (unpaired) electrons. The maximum atomic E-state index is 11.5. The molecule has 0 aromatic rings. The van der Waals surface area contributed by atoms with E-state index in [1.54, 1.807) is 21.1 Å². The summed E-state index contributed by atoms with van der Waals surface area (Å²) in [5, 5.41) is 2.81. The minimum atomic E-state index is -0.464. The normalized spacial score (nSPS) is 15.1. The predicted octanol–water partition coefficient (Wildman–Crippen LogP) is 0.535. The molecule has 0 aromatic heterocycles. The van der Waals surface area contributed by atoms with Gasteiger partial charge in [0.05, 0.1) is 6.04 Å². The van der Waals surface area contributed by atoms with Crippen LogP contribution in [0.2, 0.25) is 0 Å². The van der Waals surface area contributed by atoms with Crippen LogP contribution in [0.4, 0.5) is 0 Å². The molecular weight excluding hydrogens is 198 g/mol. The largest absolute Gasteiger partial charge is 0.372 e. The molecule has 0 aliphatic carbocycles. The second-order valence-electron chi connectivity index (χ2n) is 3.24. The third-order valence-electron chi connectivity index (χ3n) is 2.28. The molecule has 15 heavy (non-hydrogen) atoms. The van der Waals surface area contributed by atoms with Crippen LogP contribution in [-0.2, 0) is 19.0 Å². The zero-order valence-corrected chi connectivity index (χ0v) is 10.1. The molecule has 90 valence electrons. The van der Waals surface area contributed by atoms with Gasteiger partial charge in [0, 0.05) is 21.3 Å². The second kappa shape index (κ2) is 7.62. The Labute approximate surface area is 91.1 Å². The standard InChI is InChI=1S/C10H21NO4/c1-6-8(10(14-4)15-5)11-9(12)7(2)13-3/h7-8,10H,6H2,1-5H3,(H,11,12). The van der Waals surface area contributed by atoms with Gasteiger partial charge in [-0.15, -0.1) is 0 Å². The number of ether oxygens (including phenoxy) is 3. The number of methoxy groups -OCH3 is 3. The van der Waals surface area contributed by atoms with Gasteiger partial charge in [-0.3, -0.25) is 4.79 Å². The van der Waals surface area contributed by atoms with Gasteiger partial charge in [-0.2, -0.15) is 0 Å². The molecule has 0 aromatic carbocycles. The van der Waals surface area contributed by atoms with Crippen LogP contribution >= 0.6 is 0 Å². The second-order valence-corrected chi connectivity index (χ2v) is 3.24. The highest BCUT2D eigenvalue weighted by Crippen LogP contribution is 2.04. The van der Waals surface area contributed by atoms with Crippen molar-refractivity contribution in [2.24, 2.45) is 0 Å². The Hall–Kier alpha value is -0.650. The summed E-state index contributed by atoms with van der Waals surface area (Å²) in [6.45, 7) is 3.64. The van der Waals surface area contributed by atoms with Gasteiger partial charge in [-0.1, -0.05) is 6.92 Å². The first-order valence-electron chi connectivity index (χ1n) is 4.99. The monoisotopic (exact) mass is 219 g/mol. The molecule has 0 rings (SSSR count). The Kier molecular flexibility index (Phi) is 7.29. The van der Waals surface area contributed by atoms with Gasteiger partial charge in [0.2, 0.25) is 5.91 Å². The van der Waals surface area contributed by atoms with Crippen LogP contribution in [0.15, 0.2) is 0 Å². The zero-order valence-electron chi connectivity index (χ0n) is 10.1. The molecular formula is C10H21NO4. The molecule has 0 bridgehead atoms. The quantitative estimate of drug-likeness (QED) is 0.635. The first-order chi connectivity index (χ1) is 7.10. The summed E-state index contributed by atoms with van der Waals surface area (Å²) < 4.78 is 15.1. The van der Waals surface area contributed by atoms with Crippen molar-refractivity contribution in [1.82, 2.24) is 5.32 Å². The van der Waals surface area contributed by atoms with Gasteiger partial charge in [-0.25, -0.2) is 0 Å². The summed E-state index contributed by atoms with van der Waals surface area (Å²) in [6, 6.07) is -0.162. The lowest BCUT2D eigenvalue weighted by Gasteiger charge is -2.25. The fourth-order valence-corrected chi connectivity index (χ4v) is 1.19. The maximum absolute atomic E-state index is 11.5. The Morgan fingerprint density at radius 1 is 1.20 bits per heavy atom. The highest BCUT2D eigenvalue weighted by atomic mass is 16.7. The van der Waals surface area contributed by atoms with Crippen molar-refractivity contribution in [1.29, 1.82) is 0 Å². The first-order valence-corrected chi connectivity index (χ1v) is 4.99. The molecule has 0 aliphatic rings. The third-order valence-corrected chi connectivity index (χ3v) is 2.28. The Bertz CT molecular complexity index is 182. The summed E-state index contributed by atoms with van der Waals surface area (Å²) in [4.78, 5) is 11.5. The smallest absolute Gasteiger partial charge is 0.249 e. The molecule has 0 saturated carbocycles. The van der Waals surface area contributed by atoms with Crippen molar-refractivity contribution in [2.75, 3.05) is 21.3 Å². The van der Waals surface area contributed by atoms with E-state index in [2.05, 4.69) is 5.32 Å².